The lowest BCUT2D eigenvalue weighted by Crippen LogP contribution is -2.14. The summed E-state index contributed by atoms with van der Waals surface area (Å²) in [6, 6.07) is 13.2. The number of ether oxygens (including phenoxy) is 2. The Hall–Kier alpha value is -3.13. The lowest BCUT2D eigenvalue weighted by Gasteiger charge is -2.12. The lowest BCUT2D eigenvalue weighted by atomic mass is 10.2. The molecule has 2 aromatic carbocycles. The summed E-state index contributed by atoms with van der Waals surface area (Å²) in [4.78, 5) is 12.6. The molecule has 158 valence electrons. The maximum atomic E-state index is 12.6. The number of benzene rings is 2. The molecular weight excluding hydrogens is 416 g/mol. The van der Waals surface area contributed by atoms with Gasteiger partial charge in [-0.15, -0.1) is 0 Å². The molecular formula is C21H20ClF2N3O3. The van der Waals surface area contributed by atoms with Crippen LogP contribution in [0.4, 0.5) is 14.6 Å². The minimum Gasteiger partial charge on any atom is -0.490 e. The number of carbonyl (C=O) groups is 1. The Kier molecular flexibility index (Phi) is 6.89. The Morgan fingerprint density at radius 2 is 1.97 bits per heavy atom. The first-order valence-electron chi connectivity index (χ1n) is 9.18. The van der Waals surface area contributed by atoms with E-state index in [9.17, 15) is 13.6 Å². The van der Waals surface area contributed by atoms with E-state index in [0.29, 0.717) is 17.4 Å². The molecule has 1 aromatic heterocycles. The zero-order chi connectivity index (χ0) is 21.7. The summed E-state index contributed by atoms with van der Waals surface area (Å²) < 4.78 is 36.5. The fraction of sp³-hybridized carbons (Fsp3) is 0.238. The Balaban J connectivity index is 1.76. The predicted molar refractivity (Wildman–Crippen MR) is 110 cm³/mol. The highest BCUT2D eigenvalue weighted by molar-refractivity contribution is 6.31. The van der Waals surface area contributed by atoms with Gasteiger partial charge in [-0.3, -0.25) is 9.48 Å². The Labute approximate surface area is 177 Å². The number of aryl methyl sites for hydroxylation is 1. The molecule has 9 heteroatoms. The molecule has 0 atom stereocenters. The van der Waals surface area contributed by atoms with Crippen molar-refractivity contribution in [3.63, 3.8) is 0 Å². The third-order valence-electron chi connectivity index (χ3n) is 4.22. The summed E-state index contributed by atoms with van der Waals surface area (Å²) in [5, 5.41) is 7.73. The van der Waals surface area contributed by atoms with E-state index in [1.807, 2.05) is 25.1 Å². The summed E-state index contributed by atoms with van der Waals surface area (Å²) in [7, 11) is 0. The predicted octanol–water partition coefficient (Wildman–Crippen LogP) is 5.15. The highest BCUT2D eigenvalue weighted by Gasteiger charge is 2.16. The van der Waals surface area contributed by atoms with Crippen LogP contribution in [0, 0.1) is 6.92 Å². The zero-order valence-corrected chi connectivity index (χ0v) is 17.1. The molecule has 6 nitrogen and oxygen atoms in total. The van der Waals surface area contributed by atoms with Crippen LogP contribution in [0.15, 0.2) is 48.5 Å². The number of carbonyl (C=O) groups excluding carboxylic acids is 1. The van der Waals surface area contributed by atoms with E-state index in [1.165, 1.54) is 18.2 Å². The van der Waals surface area contributed by atoms with E-state index in [2.05, 4.69) is 15.2 Å². The minimum absolute atomic E-state index is 0.0610. The molecule has 3 rings (SSSR count). The van der Waals surface area contributed by atoms with Crippen LogP contribution >= 0.6 is 11.6 Å². The van der Waals surface area contributed by atoms with Crippen LogP contribution in [0.5, 0.6) is 11.5 Å². The number of nitrogens with zero attached hydrogens (tertiary/aromatic N) is 2. The van der Waals surface area contributed by atoms with Gasteiger partial charge in [0.15, 0.2) is 17.3 Å². The third kappa shape index (κ3) is 5.27. The van der Waals surface area contributed by atoms with Crippen molar-refractivity contribution in [3.8, 4) is 11.5 Å². The first-order valence-corrected chi connectivity index (χ1v) is 9.56. The van der Waals surface area contributed by atoms with Crippen molar-refractivity contribution in [1.82, 2.24) is 9.78 Å². The van der Waals surface area contributed by atoms with Crippen LogP contribution in [0.3, 0.4) is 0 Å². The van der Waals surface area contributed by atoms with Crippen LogP contribution in [0.25, 0.3) is 0 Å². The molecule has 0 unspecified atom stereocenters. The van der Waals surface area contributed by atoms with Gasteiger partial charge in [-0.25, -0.2) is 0 Å². The number of hydrogen-bond acceptors (Lipinski definition) is 4. The summed E-state index contributed by atoms with van der Waals surface area (Å²) in [6.45, 7) is 1.26. The van der Waals surface area contributed by atoms with Crippen molar-refractivity contribution in [1.29, 1.82) is 0 Å². The number of nitrogens with one attached hydrogen (secondary N) is 1. The molecule has 30 heavy (non-hydrogen) atoms. The Bertz CT molecular complexity index is 1040. The number of aromatic nitrogens is 2. The van der Waals surface area contributed by atoms with Crippen LogP contribution in [-0.4, -0.2) is 28.9 Å². The molecule has 0 saturated carbocycles. The van der Waals surface area contributed by atoms with Gasteiger partial charge >= 0.3 is 6.61 Å². The van der Waals surface area contributed by atoms with Crippen molar-refractivity contribution in [3.05, 3.63) is 70.4 Å². The van der Waals surface area contributed by atoms with Crippen LogP contribution in [0.2, 0.25) is 5.02 Å². The molecule has 1 amide bonds. The van der Waals surface area contributed by atoms with Crippen molar-refractivity contribution < 1.29 is 23.0 Å². The fourth-order valence-electron chi connectivity index (χ4n) is 2.82. The van der Waals surface area contributed by atoms with Gasteiger partial charge in [0.2, 0.25) is 0 Å². The van der Waals surface area contributed by atoms with Gasteiger partial charge in [0, 0.05) is 22.3 Å². The average molecular weight is 436 g/mol. The summed E-state index contributed by atoms with van der Waals surface area (Å²) in [5.74, 6) is -0.175. The molecule has 0 saturated heterocycles. The number of halogens is 3. The number of rotatable bonds is 8. The van der Waals surface area contributed by atoms with Gasteiger partial charge in [0.1, 0.15) is 0 Å². The first-order chi connectivity index (χ1) is 14.4. The Morgan fingerprint density at radius 3 is 2.67 bits per heavy atom. The largest absolute Gasteiger partial charge is 0.490 e. The van der Waals surface area contributed by atoms with E-state index in [1.54, 1.807) is 23.7 Å². The molecule has 0 fully saturated rings. The Morgan fingerprint density at radius 1 is 1.20 bits per heavy atom. The molecule has 0 aliphatic heterocycles. The normalized spacial score (nSPS) is 10.9. The van der Waals surface area contributed by atoms with Gasteiger partial charge in [0.25, 0.3) is 5.91 Å². The molecule has 0 spiro atoms. The van der Waals surface area contributed by atoms with E-state index < -0.39 is 12.5 Å². The molecule has 0 bridgehead atoms. The molecule has 0 radical (unpaired) electrons. The van der Waals surface area contributed by atoms with E-state index in [0.717, 1.165) is 11.3 Å². The standard InChI is InChI=1S/C21H20ClF2N3O3/c1-3-29-18-11-14(8-9-17(18)30-21(23)24)20(28)25-19-10-13(2)27(26-19)12-15-6-4-5-7-16(15)22/h4-11,21H,3,12H2,1-2H3,(H,25,26,28). The smallest absolute Gasteiger partial charge is 0.387 e. The molecule has 0 aliphatic rings. The average Bonchev–Trinajstić information content (AvgIpc) is 3.03. The summed E-state index contributed by atoms with van der Waals surface area (Å²) >= 11 is 6.20. The van der Waals surface area contributed by atoms with Crippen molar-refractivity contribution in [2.45, 2.75) is 27.0 Å². The van der Waals surface area contributed by atoms with Crippen molar-refractivity contribution in [2.24, 2.45) is 0 Å². The summed E-state index contributed by atoms with van der Waals surface area (Å²) in [5.41, 5.74) is 1.96. The molecule has 1 heterocycles. The van der Waals surface area contributed by atoms with Gasteiger partial charge in [-0.05, 0) is 43.7 Å². The van der Waals surface area contributed by atoms with Crippen LogP contribution < -0.4 is 14.8 Å². The highest BCUT2D eigenvalue weighted by Crippen LogP contribution is 2.30. The van der Waals surface area contributed by atoms with E-state index >= 15 is 0 Å². The monoisotopic (exact) mass is 435 g/mol. The molecule has 3 aromatic rings. The number of anilines is 1. The van der Waals surface area contributed by atoms with Crippen molar-refractivity contribution in [2.75, 3.05) is 11.9 Å². The maximum absolute atomic E-state index is 12.6. The zero-order valence-electron chi connectivity index (χ0n) is 16.4. The quantitative estimate of drug-likeness (QED) is 0.531. The second kappa shape index (κ2) is 9.58. The fourth-order valence-corrected chi connectivity index (χ4v) is 3.01. The SMILES string of the molecule is CCOc1cc(C(=O)Nc2cc(C)n(Cc3ccccc3Cl)n2)ccc1OC(F)F. The molecule has 0 aliphatic carbocycles. The number of amides is 1. The lowest BCUT2D eigenvalue weighted by molar-refractivity contribution is -0.0514. The number of alkyl halides is 2. The van der Waals surface area contributed by atoms with Crippen molar-refractivity contribution >= 4 is 23.3 Å². The van der Waals surface area contributed by atoms with Gasteiger partial charge in [-0.1, -0.05) is 29.8 Å². The summed E-state index contributed by atoms with van der Waals surface area (Å²) in [6.07, 6.45) is 0. The minimum atomic E-state index is -2.99. The second-order valence-electron chi connectivity index (χ2n) is 6.35. The topological polar surface area (TPSA) is 65.4 Å². The highest BCUT2D eigenvalue weighted by atomic mass is 35.5. The first kappa shape index (κ1) is 21.6. The molecule has 1 N–H and O–H groups in total. The van der Waals surface area contributed by atoms with Gasteiger partial charge in [-0.2, -0.15) is 13.9 Å². The van der Waals surface area contributed by atoms with Gasteiger partial charge < -0.3 is 14.8 Å². The second-order valence-corrected chi connectivity index (χ2v) is 6.75. The van der Waals surface area contributed by atoms with Crippen LogP contribution in [-0.2, 0) is 6.54 Å². The number of hydrogen-bond donors (Lipinski definition) is 1. The third-order valence-corrected chi connectivity index (χ3v) is 4.59. The van der Waals surface area contributed by atoms with Gasteiger partial charge in [0.05, 0.1) is 13.2 Å². The van der Waals surface area contributed by atoms with E-state index in [-0.39, 0.29) is 23.7 Å². The maximum Gasteiger partial charge on any atom is 0.387 e. The van der Waals surface area contributed by atoms with Crippen LogP contribution in [0.1, 0.15) is 28.5 Å². The van der Waals surface area contributed by atoms with E-state index in [4.69, 9.17) is 16.3 Å².